The van der Waals surface area contributed by atoms with Crippen LogP contribution >= 0.6 is 0 Å². The van der Waals surface area contributed by atoms with Gasteiger partial charge in [0.2, 0.25) is 0 Å². The Bertz CT molecular complexity index is 789. The van der Waals surface area contributed by atoms with Gasteiger partial charge in [0.05, 0.1) is 11.5 Å². The number of aliphatic carboxylic acids is 1. The van der Waals surface area contributed by atoms with Gasteiger partial charge in [-0.15, -0.1) is 0 Å². The second-order valence-corrected chi connectivity index (χ2v) is 7.72. The van der Waals surface area contributed by atoms with Gasteiger partial charge in [-0.1, -0.05) is 67.8 Å². The number of benzene rings is 2. The number of carbonyl (C=O) groups is 1. The van der Waals surface area contributed by atoms with Crippen LogP contribution < -0.4 is 5.73 Å². The largest absolute Gasteiger partial charge is 0.480 e. The molecule has 0 aliphatic rings. The maximum atomic E-state index is 11.9. The van der Waals surface area contributed by atoms with Crippen molar-refractivity contribution in [1.82, 2.24) is 0 Å². The van der Waals surface area contributed by atoms with Crippen LogP contribution in [0.25, 0.3) is 0 Å². The molecule has 0 aliphatic carbocycles. The first-order valence-electron chi connectivity index (χ1n) is 8.74. The zero-order valence-corrected chi connectivity index (χ0v) is 16.5. The molecule has 0 aliphatic heterocycles. The van der Waals surface area contributed by atoms with Gasteiger partial charge >= 0.3 is 5.97 Å². The number of aryl methyl sites for hydroxylation is 1. The van der Waals surface area contributed by atoms with Gasteiger partial charge in [0.1, 0.15) is 6.04 Å². The zero-order chi connectivity index (χ0) is 20.3. The van der Waals surface area contributed by atoms with Crippen molar-refractivity contribution in [1.29, 1.82) is 0 Å². The number of unbranched alkanes of at least 4 members (excludes halogenated alkanes) is 1. The molecule has 1 unspecified atom stereocenters. The highest BCUT2D eigenvalue weighted by Crippen LogP contribution is 2.15. The number of hydrogen-bond acceptors (Lipinski definition) is 5. The predicted molar refractivity (Wildman–Crippen MR) is 105 cm³/mol. The van der Waals surface area contributed by atoms with Crippen LogP contribution in [-0.4, -0.2) is 25.5 Å². The summed E-state index contributed by atoms with van der Waals surface area (Å²) in [5.41, 5.74) is 7.04. The lowest BCUT2D eigenvalue weighted by molar-refractivity contribution is -0.138. The van der Waals surface area contributed by atoms with Gasteiger partial charge in [-0.25, -0.2) is 0 Å². The van der Waals surface area contributed by atoms with E-state index in [4.69, 9.17) is 15.0 Å². The van der Waals surface area contributed by atoms with Crippen molar-refractivity contribution in [3.8, 4) is 0 Å². The van der Waals surface area contributed by atoms with E-state index in [0.29, 0.717) is 6.42 Å². The Kier molecular flexibility index (Phi) is 9.71. The van der Waals surface area contributed by atoms with Crippen molar-refractivity contribution in [3.63, 3.8) is 0 Å². The molecule has 2 rings (SSSR count). The van der Waals surface area contributed by atoms with Gasteiger partial charge < -0.3 is 10.8 Å². The molecule has 3 N–H and O–H groups in total. The molecule has 0 radical (unpaired) electrons. The van der Waals surface area contributed by atoms with Crippen molar-refractivity contribution in [2.24, 2.45) is 5.73 Å². The Hall–Kier alpha value is -2.22. The van der Waals surface area contributed by atoms with Crippen LogP contribution in [0.4, 0.5) is 0 Å². The SMILES string of the molecule is CCCCC(N)C(=O)O.Cc1ccc(S(=O)(=O)OCc2ccccc2)cc1. The molecule has 7 heteroatoms. The van der Waals surface area contributed by atoms with Gasteiger partial charge in [-0.3, -0.25) is 8.98 Å². The van der Waals surface area contributed by atoms with Crippen LogP contribution in [0, 0.1) is 6.92 Å². The highest BCUT2D eigenvalue weighted by molar-refractivity contribution is 7.86. The molecule has 27 heavy (non-hydrogen) atoms. The molecule has 1 atom stereocenters. The van der Waals surface area contributed by atoms with Crippen LogP contribution in [0.15, 0.2) is 59.5 Å². The Morgan fingerprint density at radius 3 is 2.22 bits per heavy atom. The van der Waals surface area contributed by atoms with E-state index in [2.05, 4.69) is 0 Å². The smallest absolute Gasteiger partial charge is 0.320 e. The molecule has 0 heterocycles. The third-order valence-electron chi connectivity index (χ3n) is 3.72. The Labute approximate surface area is 161 Å². The Morgan fingerprint density at radius 2 is 1.70 bits per heavy atom. The summed E-state index contributed by atoms with van der Waals surface area (Å²) < 4.78 is 28.8. The van der Waals surface area contributed by atoms with E-state index in [0.717, 1.165) is 24.0 Å². The molecular formula is C20H27NO5S. The van der Waals surface area contributed by atoms with Crippen LogP contribution in [0.1, 0.15) is 37.3 Å². The van der Waals surface area contributed by atoms with E-state index >= 15 is 0 Å². The minimum Gasteiger partial charge on any atom is -0.480 e. The molecule has 0 aromatic heterocycles. The van der Waals surface area contributed by atoms with Crippen molar-refractivity contribution in [3.05, 3.63) is 65.7 Å². The predicted octanol–water partition coefficient (Wildman–Crippen LogP) is 3.49. The van der Waals surface area contributed by atoms with Crippen LogP contribution in [0.5, 0.6) is 0 Å². The lowest BCUT2D eigenvalue weighted by Gasteiger charge is -2.06. The average Bonchev–Trinajstić information content (AvgIpc) is 2.66. The van der Waals surface area contributed by atoms with E-state index in [1.54, 1.807) is 24.3 Å². The molecule has 0 spiro atoms. The first kappa shape index (κ1) is 22.8. The van der Waals surface area contributed by atoms with Gasteiger partial charge in [0.25, 0.3) is 10.1 Å². The third kappa shape index (κ3) is 8.81. The Morgan fingerprint density at radius 1 is 1.11 bits per heavy atom. The van der Waals surface area contributed by atoms with Crippen LogP contribution in [0.2, 0.25) is 0 Å². The van der Waals surface area contributed by atoms with Gasteiger partial charge in [0.15, 0.2) is 0 Å². The molecule has 0 saturated heterocycles. The summed E-state index contributed by atoms with van der Waals surface area (Å²) in [5, 5.41) is 8.28. The van der Waals surface area contributed by atoms with E-state index in [9.17, 15) is 13.2 Å². The molecule has 2 aromatic carbocycles. The van der Waals surface area contributed by atoms with Gasteiger partial charge in [-0.2, -0.15) is 8.42 Å². The second kappa shape index (κ2) is 11.5. The number of nitrogens with two attached hydrogens (primary N) is 1. The molecule has 148 valence electrons. The normalized spacial score (nSPS) is 12.0. The van der Waals surface area contributed by atoms with Crippen molar-refractivity contribution < 1.29 is 22.5 Å². The topological polar surface area (TPSA) is 107 Å². The molecular weight excluding hydrogens is 366 g/mol. The minimum absolute atomic E-state index is 0.0526. The second-order valence-electron chi connectivity index (χ2n) is 6.10. The monoisotopic (exact) mass is 393 g/mol. The van der Waals surface area contributed by atoms with Crippen LogP contribution in [-0.2, 0) is 25.7 Å². The van der Waals surface area contributed by atoms with Crippen molar-refractivity contribution in [2.75, 3.05) is 0 Å². The summed E-state index contributed by atoms with van der Waals surface area (Å²) >= 11 is 0. The molecule has 0 fully saturated rings. The lowest BCUT2D eigenvalue weighted by Crippen LogP contribution is -2.29. The molecule has 2 aromatic rings. The average molecular weight is 394 g/mol. The summed E-state index contributed by atoms with van der Waals surface area (Å²) in [7, 11) is -3.68. The number of carboxylic acids is 1. The highest BCUT2D eigenvalue weighted by Gasteiger charge is 2.14. The fourth-order valence-electron chi connectivity index (χ4n) is 2.04. The Balaban J connectivity index is 0.000000345. The summed E-state index contributed by atoms with van der Waals surface area (Å²) in [6, 6.07) is 15.1. The molecule has 0 amide bonds. The molecule has 0 bridgehead atoms. The summed E-state index contributed by atoms with van der Waals surface area (Å²) in [5.74, 6) is -0.900. The first-order chi connectivity index (χ1) is 12.8. The molecule has 6 nitrogen and oxygen atoms in total. The fraction of sp³-hybridized carbons (Fsp3) is 0.350. The van der Waals surface area contributed by atoms with Crippen molar-refractivity contribution in [2.45, 2.75) is 50.7 Å². The highest BCUT2D eigenvalue weighted by atomic mass is 32.2. The standard InChI is InChI=1S/C14H14O3S.C6H13NO2/c1-12-7-9-14(10-8-12)18(15,16)17-11-13-5-3-2-4-6-13;1-2-3-4-5(7)6(8)9/h2-10H,11H2,1H3;5H,2-4,7H2,1H3,(H,8,9). The number of hydrogen-bond donors (Lipinski definition) is 2. The summed E-state index contributed by atoms with van der Waals surface area (Å²) in [6.07, 6.45) is 2.49. The maximum absolute atomic E-state index is 11.9. The quantitative estimate of drug-likeness (QED) is 0.665. The van der Waals surface area contributed by atoms with E-state index in [-0.39, 0.29) is 11.5 Å². The first-order valence-corrected chi connectivity index (χ1v) is 10.2. The zero-order valence-electron chi connectivity index (χ0n) is 15.7. The number of rotatable bonds is 8. The fourth-order valence-corrected chi connectivity index (χ4v) is 2.94. The summed E-state index contributed by atoms with van der Waals surface area (Å²) in [6.45, 7) is 3.97. The molecule has 0 saturated carbocycles. The lowest BCUT2D eigenvalue weighted by atomic mass is 10.1. The van der Waals surface area contributed by atoms with Crippen LogP contribution in [0.3, 0.4) is 0 Å². The van der Waals surface area contributed by atoms with E-state index in [1.807, 2.05) is 44.2 Å². The summed E-state index contributed by atoms with van der Waals surface area (Å²) in [4.78, 5) is 10.3. The van der Waals surface area contributed by atoms with E-state index in [1.165, 1.54) is 0 Å². The van der Waals surface area contributed by atoms with Crippen molar-refractivity contribution >= 4 is 16.1 Å². The minimum atomic E-state index is -3.68. The van der Waals surface area contributed by atoms with Gasteiger partial charge in [0, 0.05) is 0 Å². The van der Waals surface area contributed by atoms with E-state index < -0.39 is 22.1 Å². The van der Waals surface area contributed by atoms with Gasteiger partial charge in [-0.05, 0) is 31.0 Å². The number of carboxylic acid groups (broad SMARTS) is 1. The maximum Gasteiger partial charge on any atom is 0.320 e. The third-order valence-corrected chi connectivity index (χ3v) is 5.00.